The molecule has 3 heteroatoms. The molecular weight excluding hydrogens is 106 g/mol. The van der Waals surface area contributed by atoms with Gasteiger partial charge in [-0.05, 0) is 13.2 Å². The molecule has 0 aromatic heterocycles. The largest absolute Gasteiger partial charge is 0.572 e. The Bertz CT molecular complexity index is 137. The first-order valence-electron chi connectivity index (χ1n) is 2.00. The Labute approximate surface area is 47.2 Å². The van der Waals surface area contributed by atoms with Gasteiger partial charge >= 0.3 is 0 Å². The van der Waals surface area contributed by atoms with Gasteiger partial charge in [-0.2, -0.15) is 0 Å². The van der Waals surface area contributed by atoms with Gasteiger partial charge in [-0.25, -0.2) is 0 Å². The number of ketones is 1. The van der Waals surface area contributed by atoms with E-state index >= 15 is 0 Å². The molecule has 8 heavy (non-hydrogen) atoms. The van der Waals surface area contributed by atoms with Gasteiger partial charge in [0.1, 0.15) is 0 Å². The Hall–Kier alpha value is -1.12. The van der Waals surface area contributed by atoms with Crippen molar-refractivity contribution in [1.29, 1.82) is 5.41 Å². The summed E-state index contributed by atoms with van der Waals surface area (Å²) in [5.74, 6) is -0.359. The predicted octanol–water partition coefficient (Wildman–Crippen LogP) is 0.544. The number of aliphatic hydroxyl groups excluding tert-OH is 1. The molecule has 2 N–H and O–H groups in total. The Balaban J connectivity index is 4.13. The van der Waals surface area contributed by atoms with Crippen LogP contribution >= 0.6 is 0 Å². The van der Waals surface area contributed by atoms with E-state index in [1.807, 2.05) is 0 Å². The zero-order valence-electron chi connectivity index (χ0n) is 4.43. The maximum atomic E-state index is 10.2. The molecule has 0 saturated heterocycles. The number of carbonyl (C=O) groups is 1. The molecule has 0 aliphatic rings. The number of aliphatic hydroxyl groups is 1. The summed E-state index contributed by atoms with van der Waals surface area (Å²) in [5, 5.41) is 14.5. The monoisotopic (exact) mass is 112 g/mol. The molecule has 0 radical (unpaired) electrons. The minimum absolute atomic E-state index is 0.106. The Kier molecular flexibility index (Phi) is 2.54. The van der Waals surface area contributed by atoms with E-state index in [4.69, 9.17) is 10.5 Å². The number of allylic oxidation sites excluding steroid dienone is 1. The number of rotatable bonds is 2. The van der Waals surface area contributed by atoms with E-state index in [1.54, 1.807) is 6.21 Å². The third-order valence-corrected chi connectivity index (χ3v) is 0.643. The van der Waals surface area contributed by atoms with Crippen molar-refractivity contribution in [3.63, 3.8) is 0 Å². The lowest BCUT2D eigenvalue weighted by atomic mass is 10.2. The standard InChI is InChI=1S/C5H6NO2/c1-4(8)5(2-6)3-7/h3,6-7H,1H3/q-1/b5-3+. The van der Waals surface area contributed by atoms with Crippen molar-refractivity contribution in [3.05, 3.63) is 11.8 Å². The molecule has 0 saturated carbocycles. The summed E-state index contributed by atoms with van der Waals surface area (Å²) < 4.78 is 0. The summed E-state index contributed by atoms with van der Waals surface area (Å²) in [7, 11) is 0. The molecule has 0 bridgehead atoms. The number of hydrogen-bond donors (Lipinski definition) is 2. The molecule has 0 atom stereocenters. The molecule has 0 rings (SSSR count). The molecule has 0 aromatic carbocycles. The maximum Gasteiger partial charge on any atom is 0.0509 e. The third kappa shape index (κ3) is 1.55. The van der Waals surface area contributed by atoms with Crippen LogP contribution in [0.4, 0.5) is 0 Å². The molecule has 44 valence electrons. The number of hydrogen-bond acceptors (Lipinski definition) is 3. The summed E-state index contributed by atoms with van der Waals surface area (Å²) >= 11 is 0. The van der Waals surface area contributed by atoms with Crippen molar-refractivity contribution < 1.29 is 9.90 Å². The highest BCUT2D eigenvalue weighted by Gasteiger charge is 1.83. The van der Waals surface area contributed by atoms with Crippen LogP contribution in [-0.2, 0) is 4.79 Å². The van der Waals surface area contributed by atoms with Gasteiger partial charge in [0.15, 0.2) is 0 Å². The van der Waals surface area contributed by atoms with E-state index in [-0.39, 0.29) is 11.4 Å². The van der Waals surface area contributed by atoms with Crippen molar-refractivity contribution in [2.24, 2.45) is 0 Å². The zero-order chi connectivity index (χ0) is 6.57. The second-order valence-corrected chi connectivity index (χ2v) is 1.22. The first-order chi connectivity index (χ1) is 3.72. The number of nitrogens with one attached hydrogen (secondary N) is 1. The zero-order valence-corrected chi connectivity index (χ0v) is 4.43. The van der Waals surface area contributed by atoms with Crippen LogP contribution in [0.5, 0.6) is 0 Å². The van der Waals surface area contributed by atoms with Gasteiger partial charge < -0.3 is 15.3 Å². The fourth-order valence-electron chi connectivity index (χ4n) is 0.211. The quantitative estimate of drug-likeness (QED) is 0.237. The molecule has 3 nitrogen and oxygen atoms in total. The Morgan fingerprint density at radius 3 is 2.38 bits per heavy atom. The van der Waals surface area contributed by atoms with Crippen molar-refractivity contribution in [2.75, 3.05) is 0 Å². The van der Waals surface area contributed by atoms with E-state index in [0.29, 0.717) is 6.26 Å². The highest BCUT2D eigenvalue weighted by atomic mass is 16.2. The third-order valence-electron chi connectivity index (χ3n) is 0.643. The molecule has 0 aromatic rings. The number of Topliss-reactive ketones (excluding diaryl/α,β-unsaturated/α-hetero) is 1. The Morgan fingerprint density at radius 1 is 1.88 bits per heavy atom. The highest BCUT2D eigenvalue weighted by molar-refractivity contribution is 6.10. The molecule has 0 heterocycles. The molecule has 0 spiro atoms. The van der Waals surface area contributed by atoms with Gasteiger partial charge in [0.2, 0.25) is 0 Å². The van der Waals surface area contributed by atoms with Crippen LogP contribution in [0.3, 0.4) is 0 Å². The van der Waals surface area contributed by atoms with E-state index < -0.39 is 0 Å². The Morgan fingerprint density at radius 2 is 2.38 bits per heavy atom. The van der Waals surface area contributed by atoms with Gasteiger partial charge in [-0.15, -0.1) is 0 Å². The summed E-state index contributed by atoms with van der Waals surface area (Å²) in [6, 6.07) is 0. The first-order valence-corrected chi connectivity index (χ1v) is 2.00. The average molecular weight is 112 g/mol. The smallest absolute Gasteiger partial charge is 0.0509 e. The van der Waals surface area contributed by atoms with Crippen LogP contribution in [0, 0.1) is 5.41 Å². The predicted molar refractivity (Wildman–Crippen MR) is 29.1 cm³/mol. The fourth-order valence-corrected chi connectivity index (χ4v) is 0.211. The molecule has 0 aliphatic heterocycles. The van der Waals surface area contributed by atoms with E-state index in [0.717, 1.165) is 0 Å². The van der Waals surface area contributed by atoms with Gasteiger partial charge in [-0.3, -0.25) is 0 Å². The van der Waals surface area contributed by atoms with Gasteiger partial charge in [0.25, 0.3) is 0 Å². The molecule has 0 aliphatic carbocycles. The summed E-state index contributed by atoms with van der Waals surface area (Å²) in [6.45, 7) is 1.25. The second-order valence-electron chi connectivity index (χ2n) is 1.22. The van der Waals surface area contributed by atoms with Crippen LogP contribution in [0.2, 0.25) is 0 Å². The summed E-state index contributed by atoms with van der Waals surface area (Å²) in [6.07, 6.45) is 2.33. The van der Waals surface area contributed by atoms with E-state index in [1.165, 1.54) is 6.92 Å². The summed E-state index contributed by atoms with van der Waals surface area (Å²) in [4.78, 5) is 10.2. The summed E-state index contributed by atoms with van der Waals surface area (Å²) in [5.41, 5.74) is -0.106. The van der Waals surface area contributed by atoms with Gasteiger partial charge in [0.05, 0.1) is 5.78 Å². The van der Waals surface area contributed by atoms with Crippen LogP contribution in [0.25, 0.3) is 0 Å². The molecule has 0 fully saturated rings. The number of carbonyl (C=O) groups excluding carboxylic acids is 1. The molecule has 0 unspecified atom stereocenters. The minimum atomic E-state index is -0.359. The normalized spacial score (nSPS) is 10.9. The molecule has 0 amide bonds. The van der Waals surface area contributed by atoms with Crippen LogP contribution < -0.4 is 0 Å². The highest BCUT2D eigenvalue weighted by Crippen LogP contribution is 1.86. The lowest BCUT2D eigenvalue weighted by Gasteiger charge is -1.97. The van der Waals surface area contributed by atoms with Crippen molar-refractivity contribution in [2.45, 2.75) is 6.92 Å². The second kappa shape index (κ2) is 2.96. The maximum absolute atomic E-state index is 10.2. The van der Waals surface area contributed by atoms with Crippen LogP contribution in [-0.4, -0.2) is 17.1 Å². The lowest BCUT2D eigenvalue weighted by molar-refractivity contribution is -0.113. The van der Waals surface area contributed by atoms with Gasteiger partial charge in [-0.1, -0.05) is 11.8 Å². The van der Waals surface area contributed by atoms with Crippen LogP contribution in [0.1, 0.15) is 6.92 Å². The van der Waals surface area contributed by atoms with E-state index in [9.17, 15) is 4.79 Å². The SMILES string of the molecule is CC(=O)/C([C-]=N)=C/O. The molecular formula is C5H6NO2-. The van der Waals surface area contributed by atoms with E-state index in [2.05, 4.69) is 0 Å². The van der Waals surface area contributed by atoms with Crippen molar-refractivity contribution in [3.8, 4) is 0 Å². The first kappa shape index (κ1) is 6.88. The van der Waals surface area contributed by atoms with Crippen LogP contribution in [0.15, 0.2) is 11.8 Å². The topological polar surface area (TPSA) is 61.2 Å². The minimum Gasteiger partial charge on any atom is -0.572 e. The average Bonchev–Trinajstić information content (AvgIpc) is 1.69. The van der Waals surface area contributed by atoms with Crippen molar-refractivity contribution >= 4 is 12.0 Å². The lowest BCUT2D eigenvalue weighted by Crippen LogP contribution is -1.95. The van der Waals surface area contributed by atoms with Crippen molar-refractivity contribution in [1.82, 2.24) is 0 Å². The van der Waals surface area contributed by atoms with Gasteiger partial charge in [0, 0.05) is 0 Å². The fraction of sp³-hybridized carbons (Fsp3) is 0.200.